The Labute approximate surface area is 318 Å². The average molecular weight is 745 g/mol. The van der Waals surface area contributed by atoms with Gasteiger partial charge in [-0.2, -0.15) is 0 Å². The molecule has 4 aliphatic rings. The summed E-state index contributed by atoms with van der Waals surface area (Å²) in [6.07, 6.45) is 17.2. The number of benzene rings is 1. The third-order valence-corrected chi connectivity index (χ3v) is 14.5. The van der Waals surface area contributed by atoms with Gasteiger partial charge in [0, 0.05) is 43.3 Å². The number of nitrogens with zero attached hydrogens (tertiary/aromatic N) is 2. The smallest absolute Gasteiger partial charge is 0.326 e. The first-order valence-electron chi connectivity index (χ1n) is 19.1. The second-order valence-corrected chi connectivity index (χ2v) is 19.3. The molecule has 0 spiro atoms. The Morgan fingerprint density at radius 3 is 2.37 bits per heavy atom. The number of pyridine rings is 1. The van der Waals surface area contributed by atoms with Crippen molar-refractivity contribution >= 4 is 45.0 Å². The summed E-state index contributed by atoms with van der Waals surface area (Å²) in [7, 11) is 3.17. The fourth-order valence-corrected chi connectivity index (χ4v) is 11.6. The van der Waals surface area contributed by atoms with E-state index >= 15 is 0 Å². The van der Waals surface area contributed by atoms with Gasteiger partial charge in [-0.3, -0.25) is 19.4 Å². The van der Waals surface area contributed by atoms with Crippen LogP contribution in [-0.4, -0.2) is 57.5 Å². The molecule has 6 atom stereocenters. The summed E-state index contributed by atoms with van der Waals surface area (Å²) < 4.78 is 11.5. The molecular formula is C43H56N2O5S2. The van der Waals surface area contributed by atoms with Crippen LogP contribution in [0.15, 0.2) is 72.6 Å². The molecule has 0 radical (unpaired) electrons. The molecule has 2 aromatic rings. The van der Waals surface area contributed by atoms with Crippen molar-refractivity contribution in [2.75, 3.05) is 18.1 Å². The van der Waals surface area contributed by atoms with Crippen LogP contribution in [0.1, 0.15) is 104 Å². The standard InChI is InChI=1S/C43H56N2O5S2/c1-41(2,3)50-40(48)29-45(28-30-10-7-6-8-11-30)38(46)19-24-51-52-25-20-39(47)49-33-17-21-42(4)32(26-33)13-14-34-36-16-15-35(31-12-9-23-44-27-31)43(36,5)22-18-37(34)42/h6-13,15,23,27,33-34,36-37H,14,16-22,24-26,28-29H2,1-5H3/t33-,34?,36?,37-,42-,43+/m0/s1. The third-order valence-electron chi connectivity index (χ3n) is 12.1. The highest BCUT2D eigenvalue weighted by Gasteiger charge is 2.57. The summed E-state index contributed by atoms with van der Waals surface area (Å²) in [4.78, 5) is 44.6. The van der Waals surface area contributed by atoms with Gasteiger partial charge in [0.2, 0.25) is 5.91 Å². The SMILES string of the molecule is CC(C)(C)OC(=O)CN(Cc1ccccc1)C(=O)CCSSCCC(=O)O[C@H]1CC[C@@]2(C)C(=CCC3C4CC=C(c5cccnc5)[C@@]4(C)CC[C@@H]32)C1. The van der Waals surface area contributed by atoms with Crippen molar-refractivity contribution < 1.29 is 23.9 Å². The maximum absolute atomic E-state index is 13.2. The Morgan fingerprint density at radius 2 is 1.63 bits per heavy atom. The molecule has 1 aromatic carbocycles. The zero-order valence-electron chi connectivity index (χ0n) is 31.6. The Balaban J connectivity index is 0.927. The van der Waals surface area contributed by atoms with Crippen molar-refractivity contribution in [3.05, 3.63) is 83.7 Å². The quantitative estimate of drug-likeness (QED) is 0.0868. The van der Waals surface area contributed by atoms with Gasteiger partial charge in [-0.1, -0.05) is 89.6 Å². The highest BCUT2D eigenvalue weighted by molar-refractivity contribution is 8.76. The number of fused-ring (bicyclic) bond motifs is 5. The molecule has 0 bridgehead atoms. The van der Waals surface area contributed by atoms with E-state index in [1.807, 2.05) is 63.5 Å². The molecule has 6 rings (SSSR count). The first-order valence-corrected chi connectivity index (χ1v) is 21.6. The Kier molecular flexibility index (Phi) is 12.3. The average Bonchev–Trinajstić information content (AvgIpc) is 3.47. The van der Waals surface area contributed by atoms with Gasteiger partial charge in [-0.25, -0.2) is 0 Å². The monoisotopic (exact) mass is 744 g/mol. The fourth-order valence-electron chi connectivity index (χ4n) is 9.61. The van der Waals surface area contributed by atoms with E-state index < -0.39 is 11.6 Å². The highest BCUT2D eigenvalue weighted by Crippen LogP contribution is 2.66. The van der Waals surface area contributed by atoms with Crippen LogP contribution in [0.4, 0.5) is 0 Å². The van der Waals surface area contributed by atoms with Gasteiger partial charge < -0.3 is 14.4 Å². The maximum atomic E-state index is 13.2. The van der Waals surface area contributed by atoms with Gasteiger partial charge in [0.15, 0.2) is 0 Å². The minimum absolute atomic E-state index is 0.0431. The molecule has 2 unspecified atom stereocenters. The van der Waals surface area contributed by atoms with Crippen molar-refractivity contribution in [2.24, 2.45) is 28.6 Å². The van der Waals surface area contributed by atoms with Crippen molar-refractivity contribution in [1.82, 2.24) is 9.88 Å². The van der Waals surface area contributed by atoms with E-state index in [9.17, 15) is 14.4 Å². The van der Waals surface area contributed by atoms with Crippen molar-refractivity contribution in [3.8, 4) is 0 Å². The molecule has 7 nitrogen and oxygen atoms in total. The predicted molar refractivity (Wildman–Crippen MR) is 211 cm³/mol. The summed E-state index contributed by atoms with van der Waals surface area (Å²) in [6, 6.07) is 14.0. The molecule has 1 aromatic heterocycles. The number of carbonyl (C=O) groups is 3. The second kappa shape index (κ2) is 16.5. The summed E-state index contributed by atoms with van der Waals surface area (Å²) in [5, 5.41) is 0. The molecule has 4 aliphatic carbocycles. The zero-order valence-corrected chi connectivity index (χ0v) is 33.2. The van der Waals surface area contributed by atoms with E-state index in [2.05, 4.69) is 43.1 Å². The van der Waals surface area contributed by atoms with Crippen LogP contribution < -0.4 is 0 Å². The van der Waals surface area contributed by atoms with Crippen LogP contribution in [0, 0.1) is 28.6 Å². The van der Waals surface area contributed by atoms with Crippen LogP contribution in [0.25, 0.3) is 5.57 Å². The van der Waals surface area contributed by atoms with Crippen LogP contribution in [-0.2, 0) is 30.4 Å². The first-order chi connectivity index (χ1) is 24.9. The molecule has 2 fully saturated rings. The molecule has 0 aliphatic heterocycles. The molecule has 1 amide bonds. The number of hydrogen-bond acceptors (Lipinski definition) is 8. The lowest BCUT2D eigenvalue weighted by molar-refractivity contribution is -0.159. The molecule has 9 heteroatoms. The highest BCUT2D eigenvalue weighted by atomic mass is 33.1. The van der Waals surface area contributed by atoms with Crippen LogP contribution in [0.3, 0.4) is 0 Å². The minimum atomic E-state index is -0.613. The van der Waals surface area contributed by atoms with Crippen LogP contribution in [0.2, 0.25) is 0 Å². The normalized spacial score (nSPS) is 28.0. The van der Waals surface area contributed by atoms with Gasteiger partial charge >= 0.3 is 11.9 Å². The lowest BCUT2D eigenvalue weighted by Gasteiger charge is -2.57. The van der Waals surface area contributed by atoms with Gasteiger partial charge in [0.1, 0.15) is 18.2 Å². The van der Waals surface area contributed by atoms with E-state index in [0.717, 1.165) is 37.7 Å². The second-order valence-electron chi connectivity index (χ2n) is 16.6. The fraction of sp³-hybridized carbons (Fsp3) is 0.581. The molecular weight excluding hydrogens is 689 g/mol. The molecule has 52 heavy (non-hydrogen) atoms. The maximum Gasteiger partial charge on any atom is 0.326 e. The van der Waals surface area contributed by atoms with E-state index in [1.54, 1.807) is 26.5 Å². The number of aromatic nitrogens is 1. The van der Waals surface area contributed by atoms with Crippen molar-refractivity contribution in [3.63, 3.8) is 0 Å². The van der Waals surface area contributed by atoms with E-state index in [-0.39, 0.29) is 35.4 Å². The summed E-state index contributed by atoms with van der Waals surface area (Å²) in [5.41, 5.74) is 5.07. The van der Waals surface area contributed by atoms with Crippen LogP contribution >= 0.6 is 21.6 Å². The molecule has 0 saturated heterocycles. The molecule has 0 N–H and O–H groups in total. The zero-order chi connectivity index (χ0) is 36.9. The lowest BCUT2D eigenvalue weighted by Crippen LogP contribution is -2.50. The number of rotatable bonds is 13. The van der Waals surface area contributed by atoms with E-state index in [0.29, 0.717) is 48.6 Å². The molecule has 2 saturated carbocycles. The van der Waals surface area contributed by atoms with Crippen LogP contribution in [0.5, 0.6) is 0 Å². The Bertz CT molecular complexity index is 1640. The topological polar surface area (TPSA) is 85.8 Å². The summed E-state index contributed by atoms with van der Waals surface area (Å²) >= 11 is 0. The number of ether oxygens (including phenoxy) is 2. The van der Waals surface area contributed by atoms with Gasteiger partial charge in [0.05, 0.1) is 6.42 Å². The van der Waals surface area contributed by atoms with Gasteiger partial charge in [0.25, 0.3) is 0 Å². The molecule has 1 heterocycles. The minimum Gasteiger partial charge on any atom is -0.462 e. The van der Waals surface area contributed by atoms with Gasteiger partial charge in [-0.15, -0.1) is 0 Å². The van der Waals surface area contributed by atoms with E-state index in [4.69, 9.17) is 9.47 Å². The number of allylic oxidation sites excluding steroid dienone is 3. The van der Waals surface area contributed by atoms with Crippen molar-refractivity contribution in [2.45, 2.75) is 111 Å². The lowest BCUT2D eigenvalue weighted by atomic mass is 9.47. The number of carbonyl (C=O) groups excluding carboxylic acids is 3. The largest absolute Gasteiger partial charge is 0.462 e. The Morgan fingerprint density at radius 1 is 0.885 bits per heavy atom. The number of amides is 1. The number of esters is 2. The van der Waals surface area contributed by atoms with Crippen molar-refractivity contribution in [1.29, 1.82) is 0 Å². The third kappa shape index (κ3) is 9.00. The predicted octanol–water partition coefficient (Wildman–Crippen LogP) is 9.48. The first kappa shape index (κ1) is 38.7. The summed E-state index contributed by atoms with van der Waals surface area (Å²) in [6.45, 7) is 10.7. The summed E-state index contributed by atoms with van der Waals surface area (Å²) in [5.74, 6) is 2.64. The number of hydrogen-bond donors (Lipinski definition) is 0. The molecule has 280 valence electrons. The van der Waals surface area contributed by atoms with Gasteiger partial charge in [-0.05, 0) is 111 Å². The van der Waals surface area contributed by atoms with E-state index in [1.165, 1.54) is 29.6 Å². The Hall–Kier alpha value is -3.04.